The normalized spacial score (nSPS) is 14.0. The first-order valence-corrected chi connectivity index (χ1v) is 11.5. The third kappa shape index (κ3) is 4.43. The van der Waals surface area contributed by atoms with Gasteiger partial charge < -0.3 is 9.13 Å². The molecule has 2 aromatic heterocycles. The molecule has 0 spiro atoms. The Labute approximate surface area is 196 Å². The molecule has 2 aromatic carbocycles. The fraction of sp³-hybridized carbons (Fsp3) is 0.292. The summed E-state index contributed by atoms with van der Waals surface area (Å²) in [7, 11) is 0. The van der Waals surface area contributed by atoms with E-state index in [9.17, 15) is 0 Å². The Morgan fingerprint density at radius 1 is 0.935 bits per heavy atom. The predicted molar refractivity (Wildman–Crippen MR) is 132 cm³/mol. The molecule has 0 aliphatic carbocycles. The summed E-state index contributed by atoms with van der Waals surface area (Å²) in [5, 5.41) is 11.1. The highest BCUT2D eigenvalue weighted by Crippen LogP contribution is 2.25. The summed E-state index contributed by atoms with van der Waals surface area (Å²) >= 11 is 1.68. The van der Waals surface area contributed by atoms with E-state index in [1.165, 1.54) is 30.5 Å². The number of rotatable bonds is 4. The van der Waals surface area contributed by atoms with Crippen molar-refractivity contribution in [1.29, 1.82) is 0 Å². The lowest BCUT2D eigenvalue weighted by molar-refractivity contribution is 0.636. The number of hydrogen-bond acceptors (Lipinski definition) is 4. The average molecular weight is 496 g/mol. The van der Waals surface area contributed by atoms with E-state index < -0.39 is 0 Å². The lowest BCUT2D eigenvalue weighted by Gasteiger charge is -2.07. The number of fused-ring (bicyclic) bond motifs is 1. The van der Waals surface area contributed by atoms with Gasteiger partial charge in [0.15, 0.2) is 10.6 Å². The number of aryl methyl sites for hydroxylation is 1. The van der Waals surface area contributed by atoms with Crippen LogP contribution in [0.1, 0.15) is 32.0 Å². The van der Waals surface area contributed by atoms with Gasteiger partial charge in [-0.05, 0) is 49.6 Å². The lowest BCUT2D eigenvalue weighted by Crippen LogP contribution is -2.14. The first-order chi connectivity index (χ1) is 14.8. The van der Waals surface area contributed by atoms with E-state index in [0.29, 0.717) is 0 Å². The molecule has 5 rings (SSSR count). The summed E-state index contributed by atoms with van der Waals surface area (Å²) in [6, 6.07) is 18.9. The first kappa shape index (κ1) is 21.7. The molecule has 0 bridgehead atoms. The molecule has 3 heterocycles. The largest absolute Gasteiger partial charge is 0.317 e. The van der Waals surface area contributed by atoms with E-state index in [0.717, 1.165) is 47.2 Å². The van der Waals surface area contributed by atoms with Gasteiger partial charge in [-0.2, -0.15) is 0 Å². The minimum atomic E-state index is 0. The topological polar surface area (TPSA) is 48.0 Å². The summed E-state index contributed by atoms with van der Waals surface area (Å²) < 4.78 is 4.56. The van der Waals surface area contributed by atoms with Gasteiger partial charge in [-0.1, -0.05) is 36.8 Å². The highest BCUT2D eigenvalue weighted by Gasteiger charge is 2.15. The molecule has 7 heteroatoms. The molecule has 1 aliphatic rings. The summed E-state index contributed by atoms with van der Waals surface area (Å²) in [6.45, 7) is 4.06. The van der Waals surface area contributed by atoms with E-state index >= 15 is 0 Å². The van der Waals surface area contributed by atoms with Gasteiger partial charge in [-0.15, -0.1) is 38.5 Å². The molecule has 4 aromatic rings. The van der Waals surface area contributed by atoms with E-state index in [4.69, 9.17) is 4.99 Å². The second kappa shape index (κ2) is 9.75. The quantitative estimate of drug-likeness (QED) is 0.346. The Kier molecular flexibility index (Phi) is 6.83. The SMILES string of the molecule is Br.CCn1c(-c2ccccc2)csc1=Nc1ccc(-c2nnc3n2CCCCC3)cc1. The molecule has 0 saturated carbocycles. The van der Waals surface area contributed by atoms with Crippen LogP contribution in [-0.4, -0.2) is 19.3 Å². The van der Waals surface area contributed by atoms with Crippen molar-refractivity contribution in [2.75, 3.05) is 0 Å². The number of aromatic nitrogens is 4. The maximum Gasteiger partial charge on any atom is 0.190 e. The average Bonchev–Trinajstić information content (AvgIpc) is 3.31. The Morgan fingerprint density at radius 2 is 1.74 bits per heavy atom. The Hall–Kier alpha value is -2.51. The van der Waals surface area contributed by atoms with Crippen LogP contribution in [0.2, 0.25) is 0 Å². The standard InChI is InChI=1S/C24H25N5S.BrH/c1-2-28-21(18-9-5-3-6-10-18)17-30-24(28)25-20-14-12-19(13-15-20)23-27-26-22-11-7-4-8-16-29(22)23;/h3,5-6,9-10,12-15,17H,2,4,7-8,11,16H2,1H3;1H. The van der Waals surface area contributed by atoms with Gasteiger partial charge in [0.25, 0.3) is 0 Å². The van der Waals surface area contributed by atoms with Crippen molar-refractivity contribution >= 4 is 34.0 Å². The molecule has 0 fully saturated rings. The highest BCUT2D eigenvalue weighted by molar-refractivity contribution is 8.93. The molecule has 0 radical (unpaired) electrons. The minimum Gasteiger partial charge on any atom is -0.317 e. The van der Waals surface area contributed by atoms with E-state index in [1.54, 1.807) is 11.3 Å². The maximum atomic E-state index is 4.92. The molecule has 160 valence electrons. The lowest BCUT2D eigenvalue weighted by atomic mass is 10.2. The molecule has 0 unspecified atom stereocenters. The first-order valence-electron chi connectivity index (χ1n) is 10.6. The molecule has 31 heavy (non-hydrogen) atoms. The van der Waals surface area contributed by atoms with Crippen LogP contribution in [0, 0.1) is 0 Å². The molecule has 0 amide bonds. The Bertz CT molecular complexity index is 1210. The van der Waals surface area contributed by atoms with Gasteiger partial charge in [-0.3, -0.25) is 0 Å². The van der Waals surface area contributed by atoms with Crippen LogP contribution in [0.5, 0.6) is 0 Å². The fourth-order valence-electron chi connectivity index (χ4n) is 4.06. The number of nitrogens with zero attached hydrogens (tertiary/aromatic N) is 5. The number of hydrogen-bond donors (Lipinski definition) is 0. The zero-order valence-electron chi connectivity index (χ0n) is 17.6. The van der Waals surface area contributed by atoms with Gasteiger partial charge in [0.05, 0.1) is 11.4 Å². The van der Waals surface area contributed by atoms with Crippen molar-refractivity contribution in [2.24, 2.45) is 4.99 Å². The van der Waals surface area contributed by atoms with Crippen molar-refractivity contribution in [2.45, 2.75) is 45.7 Å². The second-order valence-electron chi connectivity index (χ2n) is 7.57. The van der Waals surface area contributed by atoms with Gasteiger partial charge in [0.2, 0.25) is 0 Å². The Morgan fingerprint density at radius 3 is 2.52 bits per heavy atom. The minimum absolute atomic E-state index is 0. The van der Waals surface area contributed by atoms with Crippen LogP contribution in [0.15, 0.2) is 65.0 Å². The molecular formula is C24H26BrN5S. The van der Waals surface area contributed by atoms with Crippen LogP contribution in [0.3, 0.4) is 0 Å². The molecule has 0 N–H and O–H groups in total. The van der Waals surface area contributed by atoms with Gasteiger partial charge >= 0.3 is 0 Å². The molecule has 0 saturated heterocycles. The molecule has 1 aliphatic heterocycles. The maximum absolute atomic E-state index is 4.92. The molecular weight excluding hydrogens is 470 g/mol. The smallest absolute Gasteiger partial charge is 0.190 e. The third-order valence-electron chi connectivity index (χ3n) is 5.64. The second-order valence-corrected chi connectivity index (χ2v) is 8.41. The van der Waals surface area contributed by atoms with Crippen LogP contribution < -0.4 is 4.80 Å². The zero-order valence-corrected chi connectivity index (χ0v) is 20.1. The van der Waals surface area contributed by atoms with Crippen LogP contribution in [-0.2, 0) is 19.5 Å². The van der Waals surface area contributed by atoms with E-state index in [-0.39, 0.29) is 17.0 Å². The van der Waals surface area contributed by atoms with Crippen molar-refractivity contribution < 1.29 is 0 Å². The van der Waals surface area contributed by atoms with Gasteiger partial charge in [0, 0.05) is 30.5 Å². The number of halogens is 1. The van der Waals surface area contributed by atoms with E-state index in [1.807, 2.05) is 6.07 Å². The summed E-state index contributed by atoms with van der Waals surface area (Å²) in [5.74, 6) is 2.09. The number of thiazole rings is 1. The predicted octanol–water partition coefficient (Wildman–Crippen LogP) is 6.03. The fourth-order valence-corrected chi connectivity index (χ4v) is 5.05. The van der Waals surface area contributed by atoms with Gasteiger partial charge in [-0.25, -0.2) is 4.99 Å². The van der Waals surface area contributed by atoms with Crippen molar-refractivity contribution in [3.63, 3.8) is 0 Å². The van der Waals surface area contributed by atoms with Crippen molar-refractivity contribution in [3.8, 4) is 22.6 Å². The number of benzene rings is 2. The Balaban J connectivity index is 0.00000231. The molecule has 5 nitrogen and oxygen atoms in total. The summed E-state index contributed by atoms with van der Waals surface area (Å²) in [6.07, 6.45) is 4.70. The zero-order chi connectivity index (χ0) is 20.3. The third-order valence-corrected chi connectivity index (χ3v) is 6.51. The summed E-state index contributed by atoms with van der Waals surface area (Å²) in [5.41, 5.74) is 4.50. The van der Waals surface area contributed by atoms with Crippen LogP contribution in [0.25, 0.3) is 22.6 Å². The summed E-state index contributed by atoms with van der Waals surface area (Å²) in [4.78, 5) is 5.94. The monoisotopic (exact) mass is 495 g/mol. The van der Waals surface area contributed by atoms with Crippen LogP contribution >= 0.6 is 28.3 Å². The van der Waals surface area contributed by atoms with Crippen LogP contribution in [0.4, 0.5) is 5.69 Å². The van der Waals surface area contributed by atoms with Crippen molar-refractivity contribution in [3.05, 3.63) is 70.6 Å². The van der Waals surface area contributed by atoms with Gasteiger partial charge in [0.1, 0.15) is 5.82 Å². The molecule has 0 atom stereocenters. The van der Waals surface area contributed by atoms with E-state index in [2.05, 4.69) is 80.2 Å². The van der Waals surface area contributed by atoms with Crippen molar-refractivity contribution in [1.82, 2.24) is 19.3 Å². The highest BCUT2D eigenvalue weighted by atomic mass is 79.9.